The molecule has 9 heteroatoms. The van der Waals surface area contributed by atoms with Gasteiger partial charge in [-0.25, -0.2) is 9.78 Å². The molecule has 2 aromatic carbocycles. The molecule has 2 aliphatic rings. The predicted molar refractivity (Wildman–Crippen MR) is 155 cm³/mol. The number of aromatic nitrogens is 1. The fraction of sp³-hybridized carbons (Fsp3) is 0.484. The first-order chi connectivity index (χ1) is 19.4. The predicted octanol–water partition coefficient (Wildman–Crippen LogP) is 5.37. The maximum absolute atomic E-state index is 14.1. The van der Waals surface area contributed by atoms with Gasteiger partial charge in [0.15, 0.2) is 0 Å². The topological polar surface area (TPSA) is 97.8 Å². The van der Waals surface area contributed by atoms with Crippen LogP contribution in [-0.2, 0) is 19.1 Å². The van der Waals surface area contributed by atoms with Crippen LogP contribution in [0.5, 0.6) is 0 Å². The number of nitrogens with one attached hydrogen (secondary N) is 1. The molecule has 2 amide bonds. The Kier molecular flexibility index (Phi) is 8.81. The van der Waals surface area contributed by atoms with E-state index in [1.54, 1.807) is 17.4 Å². The molecule has 0 aliphatic carbocycles. The lowest BCUT2D eigenvalue weighted by molar-refractivity contribution is -0.140. The zero-order valence-corrected chi connectivity index (χ0v) is 24.2. The second kappa shape index (κ2) is 12.5. The van der Waals surface area contributed by atoms with E-state index in [1.165, 1.54) is 7.11 Å². The summed E-state index contributed by atoms with van der Waals surface area (Å²) in [4.78, 5) is 46.2. The fourth-order valence-electron chi connectivity index (χ4n) is 5.75. The molecule has 2 saturated heterocycles. The number of nitrogens with zero attached hydrogens (tertiary/aromatic N) is 2. The van der Waals surface area contributed by atoms with Gasteiger partial charge in [0.05, 0.1) is 24.4 Å². The smallest absolute Gasteiger partial charge is 0.338 e. The zero-order chi connectivity index (χ0) is 28.2. The molecule has 0 spiro atoms. The lowest BCUT2D eigenvalue weighted by Gasteiger charge is -2.35. The number of carbonyl (C=O) groups excluding carboxylic acids is 3. The Bertz CT molecular complexity index is 1380. The quantitative estimate of drug-likeness (QED) is 0.370. The summed E-state index contributed by atoms with van der Waals surface area (Å²) in [5, 5.41) is 7.77. The number of thiazole rings is 1. The van der Waals surface area contributed by atoms with Gasteiger partial charge in [-0.15, -0.1) is 11.3 Å². The number of fused-ring (bicyclic) bond motifs is 1. The van der Waals surface area contributed by atoms with Gasteiger partial charge in [-0.2, -0.15) is 0 Å². The number of likely N-dealkylation sites (tertiary alicyclic amines) is 1. The molecule has 212 valence electrons. The van der Waals surface area contributed by atoms with Crippen LogP contribution in [0.25, 0.3) is 22.0 Å². The number of hydrogen-bond acceptors (Lipinski definition) is 7. The number of methoxy groups -OCH3 is 1. The summed E-state index contributed by atoms with van der Waals surface area (Å²) in [5.74, 6) is -0.549. The second-order valence-electron chi connectivity index (χ2n) is 10.7. The van der Waals surface area contributed by atoms with Gasteiger partial charge in [0.1, 0.15) is 11.0 Å². The van der Waals surface area contributed by atoms with Crippen molar-refractivity contribution in [3.05, 3.63) is 52.3 Å². The molecule has 1 aromatic heterocycles. The summed E-state index contributed by atoms with van der Waals surface area (Å²) >= 11 is 1.55. The van der Waals surface area contributed by atoms with Crippen LogP contribution < -0.4 is 5.32 Å². The van der Waals surface area contributed by atoms with Crippen molar-refractivity contribution in [1.82, 2.24) is 15.2 Å². The Morgan fingerprint density at radius 3 is 2.60 bits per heavy atom. The molecule has 40 heavy (non-hydrogen) atoms. The molecular formula is C31H37N3O5S. The summed E-state index contributed by atoms with van der Waals surface area (Å²) in [5.41, 5.74) is 2.27. The van der Waals surface area contributed by atoms with Crippen molar-refractivity contribution < 1.29 is 23.9 Å². The average Bonchev–Trinajstić information content (AvgIpc) is 3.69. The molecule has 0 bridgehead atoms. The molecule has 2 fully saturated rings. The number of hydrogen-bond donors (Lipinski definition) is 1. The van der Waals surface area contributed by atoms with Crippen LogP contribution in [0.15, 0.2) is 41.8 Å². The molecule has 3 aromatic rings. The van der Waals surface area contributed by atoms with Gasteiger partial charge in [0.25, 0.3) is 0 Å². The monoisotopic (exact) mass is 563 g/mol. The molecule has 5 rings (SSSR count). The van der Waals surface area contributed by atoms with Crippen molar-refractivity contribution in [2.45, 2.75) is 58.0 Å². The summed E-state index contributed by atoms with van der Waals surface area (Å²) in [7, 11) is 1.38. The molecule has 8 nitrogen and oxygen atoms in total. The molecular weight excluding hydrogens is 526 g/mol. The third-order valence-corrected chi connectivity index (χ3v) is 9.26. The first-order valence-corrected chi connectivity index (χ1v) is 15.0. The Balaban J connectivity index is 1.42. The standard InChI is InChI=1S/C31H37N3O5S/c1-4-19(2)28(35)33-27(20-13-16-39-17-14-20)30(36)34-15-7-10-26(34)29-32-25(18-40-29)23-11-12-24(31(37)38-3)22-9-6-5-8-21(22)23/h5-6,8-9,11-12,18-20,26-27H,4,7,10,13-17H2,1-3H3,(H,33,35)/t19-,26+,27+/m1/s1. The van der Waals surface area contributed by atoms with Crippen molar-refractivity contribution in [2.24, 2.45) is 11.8 Å². The molecule has 3 atom stereocenters. The normalized spacial score (nSPS) is 19.4. The van der Waals surface area contributed by atoms with E-state index in [-0.39, 0.29) is 35.7 Å². The first-order valence-electron chi connectivity index (χ1n) is 14.2. The molecule has 0 radical (unpaired) electrons. The van der Waals surface area contributed by atoms with Crippen molar-refractivity contribution in [1.29, 1.82) is 0 Å². The van der Waals surface area contributed by atoms with E-state index >= 15 is 0 Å². The molecule has 3 heterocycles. The SMILES string of the molecule is CC[C@@H](C)C(=O)N[C@H](C(=O)N1CCC[C@H]1c1nc(-c2ccc(C(=O)OC)c3ccccc23)cs1)C1CCOCC1. The van der Waals surface area contributed by atoms with Crippen LogP contribution in [0.1, 0.15) is 67.4 Å². The van der Waals surface area contributed by atoms with Crippen molar-refractivity contribution in [3.63, 3.8) is 0 Å². The number of amides is 2. The highest BCUT2D eigenvalue weighted by Crippen LogP contribution is 2.38. The van der Waals surface area contributed by atoms with Crippen LogP contribution in [0.3, 0.4) is 0 Å². The van der Waals surface area contributed by atoms with E-state index < -0.39 is 6.04 Å². The molecule has 1 N–H and O–H groups in total. The van der Waals surface area contributed by atoms with Gasteiger partial charge < -0.3 is 19.7 Å². The van der Waals surface area contributed by atoms with E-state index in [0.29, 0.717) is 25.3 Å². The highest BCUT2D eigenvalue weighted by atomic mass is 32.1. The van der Waals surface area contributed by atoms with Gasteiger partial charge in [0.2, 0.25) is 11.8 Å². The Morgan fingerprint density at radius 1 is 1.12 bits per heavy atom. The minimum absolute atomic E-state index is 0.0179. The maximum atomic E-state index is 14.1. The number of ether oxygens (including phenoxy) is 2. The Morgan fingerprint density at radius 2 is 1.88 bits per heavy atom. The van der Waals surface area contributed by atoms with E-state index in [9.17, 15) is 14.4 Å². The lowest BCUT2D eigenvalue weighted by Crippen LogP contribution is -2.54. The van der Waals surface area contributed by atoms with E-state index in [2.05, 4.69) is 5.32 Å². The summed E-state index contributed by atoms with van der Waals surface area (Å²) in [6, 6.07) is 10.8. The van der Waals surface area contributed by atoms with Crippen LogP contribution in [0, 0.1) is 11.8 Å². The number of rotatable bonds is 8. The van der Waals surface area contributed by atoms with Crippen molar-refractivity contribution in [2.75, 3.05) is 26.9 Å². The molecule has 2 aliphatic heterocycles. The van der Waals surface area contributed by atoms with E-state index in [1.807, 2.05) is 54.5 Å². The third-order valence-electron chi connectivity index (χ3n) is 8.31. The fourth-order valence-corrected chi connectivity index (χ4v) is 6.72. The van der Waals surface area contributed by atoms with E-state index in [4.69, 9.17) is 14.5 Å². The van der Waals surface area contributed by atoms with E-state index in [0.717, 1.165) is 59.1 Å². The number of esters is 1. The first kappa shape index (κ1) is 28.2. The third kappa shape index (κ3) is 5.63. The Labute approximate surface area is 239 Å². The van der Waals surface area contributed by atoms with Gasteiger partial charge >= 0.3 is 5.97 Å². The summed E-state index contributed by atoms with van der Waals surface area (Å²) in [6.07, 6.45) is 3.96. The van der Waals surface area contributed by atoms with Crippen molar-refractivity contribution >= 4 is 39.9 Å². The van der Waals surface area contributed by atoms with Crippen LogP contribution in [-0.4, -0.2) is 60.6 Å². The Hall–Kier alpha value is -3.30. The number of benzene rings is 2. The van der Waals surface area contributed by atoms with Gasteiger partial charge in [-0.05, 0) is 54.9 Å². The highest BCUT2D eigenvalue weighted by molar-refractivity contribution is 7.10. The zero-order valence-electron chi connectivity index (χ0n) is 23.4. The van der Waals surface area contributed by atoms with Gasteiger partial charge in [-0.3, -0.25) is 9.59 Å². The van der Waals surface area contributed by atoms with Crippen LogP contribution in [0.4, 0.5) is 0 Å². The summed E-state index contributed by atoms with van der Waals surface area (Å²) in [6.45, 7) is 5.75. The van der Waals surface area contributed by atoms with Gasteiger partial charge in [-0.1, -0.05) is 44.2 Å². The minimum atomic E-state index is -0.555. The largest absolute Gasteiger partial charge is 0.465 e. The highest BCUT2D eigenvalue weighted by Gasteiger charge is 2.40. The van der Waals surface area contributed by atoms with Crippen molar-refractivity contribution in [3.8, 4) is 11.3 Å². The van der Waals surface area contributed by atoms with Crippen LogP contribution >= 0.6 is 11.3 Å². The van der Waals surface area contributed by atoms with Crippen LogP contribution in [0.2, 0.25) is 0 Å². The van der Waals surface area contributed by atoms with Gasteiger partial charge in [0, 0.05) is 36.6 Å². The molecule has 0 saturated carbocycles. The second-order valence-corrected chi connectivity index (χ2v) is 11.6. The molecule has 0 unspecified atom stereocenters. The maximum Gasteiger partial charge on any atom is 0.338 e. The minimum Gasteiger partial charge on any atom is -0.465 e. The lowest BCUT2D eigenvalue weighted by atomic mass is 9.90. The summed E-state index contributed by atoms with van der Waals surface area (Å²) < 4.78 is 10.5. The number of carbonyl (C=O) groups is 3. The average molecular weight is 564 g/mol.